The van der Waals surface area contributed by atoms with Gasteiger partial charge < -0.3 is 30.5 Å². The third kappa shape index (κ3) is 5.46. The van der Waals surface area contributed by atoms with Crippen molar-refractivity contribution in [3.8, 4) is 17.2 Å². The fraction of sp³-hybridized carbons (Fsp3) is 0.423. The number of nitrogens with zero attached hydrogens (tertiary/aromatic N) is 2. The van der Waals surface area contributed by atoms with Crippen molar-refractivity contribution in [1.82, 2.24) is 20.4 Å². The molecule has 4 rings (SSSR count). The lowest BCUT2D eigenvalue weighted by molar-refractivity contribution is -0.177. The molecule has 0 spiro atoms. The van der Waals surface area contributed by atoms with E-state index in [2.05, 4.69) is 5.32 Å². The number of aliphatic hydroxyl groups is 1. The predicted molar refractivity (Wildman–Crippen MR) is 134 cm³/mol. The molecule has 3 fully saturated rings. The quantitative estimate of drug-likeness (QED) is 0.158. The zero-order valence-corrected chi connectivity index (χ0v) is 21.4. The summed E-state index contributed by atoms with van der Waals surface area (Å²) < 4.78 is 20.7. The van der Waals surface area contributed by atoms with Crippen LogP contribution in [0.5, 0.6) is 17.2 Å². The predicted octanol–water partition coefficient (Wildman–Crippen LogP) is 0.218. The molecule has 3 aliphatic heterocycles. The number of carbonyl (C=O) groups is 3. The average Bonchev–Trinajstić information content (AvgIpc) is 3.24. The Morgan fingerprint density at radius 2 is 1.79 bits per heavy atom. The van der Waals surface area contributed by atoms with Crippen LogP contribution in [0.1, 0.15) is 30.9 Å². The monoisotopic (exact) mass is 546 g/mol. The number of carbonyl (C=O) groups excluding carboxylic acids is 3. The van der Waals surface area contributed by atoms with E-state index >= 15 is 4.39 Å². The molecule has 3 saturated heterocycles. The van der Waals surface area contributed by atoms with Crippen LogP contribution < -0.4 is 10.6 Å². The summed E-state index contributed by atoms with van der Waals surface area (Å²) in [5, 5.41) is 46.8. The molecule has 0 radical (unpaired) electrons. The smallest absolute Gasteiger partial charge is 0.279 e. The second-order valence-electron chi connectivity index (χ2n) is 9.45. The number of hydrogen-bond acceptors (Lipinski definition) is 10. The summed E-state index contributed by atoms with van der Waals surface area (Å²) in [7, 11) is 0. The highest BCUT2D eigenvalue weighted by Gasteiger charge is 2.51. The van der Waals surface area contributed by atoms with Crippen molar-refractivity contribution in [3.63, 3.8) is 0 Å². The Morgan fingerprint density at radius 3 is 2.46 bits per heavy atom. The largest absolute Gasteiger partial charge is 0.504 e. The number of halogens is 1. The van der Waals surface area contributed by atoms with Crippen molar-refractivity contribution >= 4 is 17.7 Å². The van der Waals surface area contributed by atoms with E-state index in [-0.39, 0.29) is 49.2 Å². The van der Waals surface area contributed by atoms with E-state index in [1.807, 2.05) is 10.2 Å². The maximum absolute atomic E-state index is 15.4. The van der Waals surface area contributed by atoms with E-state index in [1.54, 1.807) is 19.1 Å². The maximum atomic E-state index is 15.4. The second-order valence-corrected chi connectivity index (χ2v) is 9.45. The lowest BCUT2D eigenvalue weighted by Gasteiger charge is -2.37. The number of hydrogen-bond donors (Lipinski definition) is 6. The van der Waals surface area contributed by atoms with Crippen LogP contribution in [-0.2, 0) is 32.2 Å². The topological polar surface area (TPSA) is 172 Å². The van der Waals surface area contributed by atoms with Gasteiger partial charge in [-0.15, -0.1) is 0 Å². The van der Waals surface area contributed by atoms with E-state index in [9.17, 15) is 34.8 Å². The zero-order chi connectivity index (χ0) is 28.3. The van der Waals surface area contributed by atoms with Crippen molar-refractivity contribution in [3.05, 3.63) is 52.5 Å². The number of piperidine rings is 1. The summed E-state index contributed by atoms with van der Waals surface area (Å²) in [4.78, 5) is 40.0. The van der Waals surface area contributed by atoms with Gasteiger partial charge in [0.1, 0.15) is 5.82 Å². The molecule has 3 amide bonds. The number of benzene rings is 1. The SMILES string of the molecule is C\C=C/C=C1/C(=O)N(C2(O)CCC(=O)NC2=O)C/C1=C\NCc1c(O)c(O)c(O)c(CN2CCOCC2)c1F. The Hall–Kier alpha value is -3.94. The number of nitrogens with one attached hydrogen (secondary N) is 2. The number of allylic oxidation sites excluding steroid dienone is 3. The summed E-state index contributed by atoms with van der Waals surface area (Å²) in [6, 6.07) is 0. The van der Waals surface area contributed by atoms with Crippen LogP contribution in [0.4, 0.5) is 4.39 Å². The highest BCUT2D eigenvalue weighted by Crippen LogP contribution is 2.43. The van der Waals surface area contributed by atoms with Crippen LogP contribution in [0.2, 0.25) is 0 Å². The van der Waals surface area contributed by atoms with Gasteiger partial charge in [0.05, 0.1) is 25.3 Å². The summed E-state index contributed by atoms with van der Waals surface area (Å²) >= 11 is 0. The molecule has 3 aliphatic rings. The van der Waals surface area contributed by atoms with E-state index in [0.29, 0.717) is 31.9 Å². The minimum Gasteiger partial charge on any atom is -0.504 e. The number of phenols is 3. The van der Waals surface area contributed by atoms with Crippen LogP contribution in [0, 0.1) is 5.82 Å². The maximum Gasteiger partial charge on any atom is 0.279 e. The van der Waals surface area contributed by atoms with Gasteiger partial charge in [-0.2, -0.15) is 0 Å². The van der Waals surface area contributed by atoms with Crippen LogP contribution in [0.25, 0.3) is 0 Å². The minimum atomic E-state index is -2.23. The molecule has 12 nitrogen and oxygen atoms in total. The first-order chi connectivity index (χ1) is 18.6. The van der Waals surface area contributed by atoms with Crippen molar-refractivity contribution < 1.29 is 43.9 Å². The molecule has 0 bridgehead atoms. The molecule has 13 heteroatoms. The number of likely N-dealkylation sites (tertiary alicyclic amines) is 1. The minimum absolute atomic E-state index is 0.00813. The Kier molecular flexibility index (Phi) is 8.23. The zero-order valence-electron chi connectivity index (χ0n) is 21.4. The molecule has 0 aliphatic carbocycles. The van der Waals surface area contributed by atoms with E-state index in [4.69, 9.17) is 4.74 Å². The fourth-order valence-corrected chi connectivity index (χ4v) is 4.70. The highest BCUT2D eigenvalue weighted by atomic mass is 19.1. The van der Waals surface area contributed by atoms with E-state index in [1.165, 1.54) is 12.3 Å². The first-order valence-electron chi connectivity index (χ1n) is 12.5. The molecule has 3 heterocycles. The molecule has 0 aromatic heterocycles. The van der Waals surface area contributed by atoms with Gasteiger partial charge in [0.25, 0.3) is 11.8 Å². The molecule has 6 N–H and O–H groups in total. The van der Waals surface area contributed by atoms with Crippen molar-refractivity contribution in [2.75, 3.05) is 32.8 Å². The summed E-state index contributed by atoms with van der Waals surface area (Å²) in [5.41, 5.74) is -2.18. The van der Waals surface area contributed by atoms with Gasteiger partial charge >= 0.3 is 0 Å². The van der Waals surface area contributed by atoms with Gasteiger partial charge in [0, 0.05) is 61.9 Å². The van der Waals surface area contributed by atoms with Crippen LogP contribution in [0.15, 0.2) is 35.6 Å². The van der Waals surface area contributed by atoms with Crippen molar-refractivity contribution in [2.45, 2.75) is 38.6 Å². The number of ether oxygens (including phenoxy) is 1. The number of imide groups is 1. The molecule has 1 aromatic carbocycles. The summed E-state index contributed by atoms with van der Waals surface area (Å²) in [6.45, 7) is 3.11. The Bertz CT molecular complexity index is 1270. The van der Waals surface area contributed by atoms with Crippen molar-refractivity contribution in [1.29, 1.82) is 0 Å². The first kappa shape index (κ1) is 28.1. The number of aromatic hydroxyl groups is 3. The van der Waals surface area contributed by atoms with Gasteiger partial charge in [-0.1, -0.05) is 12.2 Å². The molecular formula is C26H31FN4O8. The Morgan fingerprint density at radius 1 is 1.10 bits per heavy atom. The number of phenolic OH excluding ortho intramolecular Hbond substituents is 3. The molecule has 0 saturated carbocycles. The molecule has 1 atom stereocenters. The number of morpholine rings is 1. The second kappa shape index (κ2) is 11.4. The van der Waals surface area contributed by atoms with Gasteiger partial charge in [-0.25, -0.2) is 4.39 Å². The van der Waals surface area contributed by atoms with E-state index < -0.39 is 46.5 Å². The molecule has 1 aromatic rings. The number of rotatable bonds is 7. The Balaban J connectivity index is 1.58. The third-order valence-corrected chi connectivity index (χ3v) is 6.96. The van der Waals surface area contributed by atoms with Crippen LogP contribution >= 0.6 is 0 Å². The summed E-state index contributed by atoms with van der Waals surface area (Å²) in [5.74, 6) is -5.50. The first-order valence-corrected chi connectivity index (χ1v) is 12.5. The fourth-order valence-electron chi connectivity index (χ4n) is 4.70. The lowest BCUT2D eigenvalue weighted by atomic mass is 10.00. The van der Waals surface area contributed by atoms with Crippen LogP contribution in [0.3, 0.4) is 0 Å². The third-order valence-electron chi connectivity index (χ3n) is 6.96. The van der Waals surface area contributed by atoms with E-state index in [0.717, 1.165) is 4.90 Å². The lowest BCUT2D eigenvalue weighted by Crippen LogP contribution is -2.63. The molecular weight excluding hydrogens is 515 g/mol. The van der Waals surface area contributed by atoms with Gasteiger partial charge in [0.15, 0.2) is 11.5 Å². The highest BCUT2D eigenvalue weighted by molar-refractivity contribution is 6.08. The van der Waals surface area contributed by atoms with Gasteiger partial charge in [0.2, 0.25) is 17.4 Å². The standard InChI is InChI=1S/C26H31FN4O8/c1-2-3-4-16-15(13-31(24(16)36)26(38)6-5-19(32)29-25(26)37)11-28-12-17-20(27)18(22(34)23(35)21(17)33)14-30-7-9-39-10-8-30/h2-4,11,28,33-35,38H,5-10,12-14H2,1H3,(H,29,32,37)/b3-2-,15-11+,16-4+. The molecule has 39 heavy (non-hydrogen) atoms. The normalized spacial score (nSPS) is 24.8. The molecule has 1 unspecified atom stereocenters. The number of amides is 3. The molecule has 210 valence electrons. The van der Waals surface area contributed by atoms with Crippen molar-refractivity contribution in [2.24, 2.45) is 0 Å². The Labute approximate surface area is 223 Å². The van der Waals surface area contributed by atoms with Gasteiger partial charge in [-0.05, 0) is 13.0 Å². The van der Waals surface area contributed by atoms with Crippen LogP contribution in [-0.4, -0.2) is 86.5 Å². The van der Waals surface area contributed by atoms with Gasteiger partial charge in [-0.3, -0.25) is 29.5 Å². The average molecular weight is 547 g/mol. The summed E-state index contributed by atoms with van der Waals surface area (Å²) in [6.07, 6.45) is 5.74.